The second-order valence-electron chi connectivity index (χ2n) is 3.55. The van der Waals surface area contributed by atoms with E-state index < -0.39 is 5.82 Å². The smallest absolute Gasteiger partial charge is 0.224 e. The van der Waals surface area contributed by atoms with Gasteiger partial charge >= 0.3 is 0 Å². The predicted octanol–water partition coefficient (Wildman–Crippen LogP) is 2.85. The van der Waals surface area contributed by atoms with Crippen molar-refractivity contribution in [3.63, 3.8) is 0 Å². The molecule has 0 amide bonds. The summed E-state index contributed by atoms with van der Waals surface area (Å²) < 4.78 is 13.5. The van der Waals surface area contributed by atoms with Crippen LogP contribution in [0.4, 0.5) is 10.2 Å². The summed E-state index contributed by atoms with van der Waals surface area (Å²) in [6, 6.07) is 0.216. The van der Waals surface area contributed by atoms with Crippen molar-refractivity contribution in [2.45, 2.75) is 19.4 Å². The van der Waals surface area contributed by atoms with E-state index in [2.05, 4.69) is 16.2 Å². The summed E-state index contributed by atoms with van der Waals surface area (Å²) in [7, 11) is 1.81. The Bertz CT molecular complexity index is 351. The van der Waals surface area contributed by atoms with Gasteiger partial charge in [0.25, 0.3) is 0 Å². The van der Waals surface area contributed by atoms with Gasteiger partial charge in [-0.2, -0.15) is 16.7 Å². The van der Waals surface area contributed by atoms with E-state index in [1.165, 1.54) is 0 Å². The molecule has 1 aromatic heterocycles. The predicted molar refractivity (Wildman–Crippen MR) is 67.9 cm³/mol. The van der Waals surface area contributed by atoms with Crippen molar-refractivity contribution in [1.29, 1.82) is 0 Å². The van der Waals surface area contributed by atoms with Crippen LogP contribution in [-0.4, -0.2) is 35.1 Å². The van der Waals surface area contributed by atoms with Gasteiger partial charge in [0.1, 0.15) is 0 Å². The first-order valence-corrected chi connectivity index (χ1v) is 6.73. The fraction of sp³-hybridized carbons (Fsp3) is 0.600. The van der Waals surface area contributed by atoms with E-state index >= 15 is 0 Å². The van der Waals surface area contributed by atoms with Crippen molar-refractivity contribution in [2.75, 3.05) is 24.0 Å². The Morgan fingerprint density at radius 1 is 1.62 bits per heavy atom. The van der Waals surface area contributed by atoms with Crippen molar-refractivity contribution < 1.29 is 4.39 Å². The summed E-state index contributed by atoms with van der Waals surface area (Å²) in [4.78, 5) is 9.28. The maximum absolute atomic E-state index is 13.5. The lowest BCUT2D eigenvalue weighted by atomic mass is 10.2. The highest BCUT2D eigenvalue weighted by Crippen LogP contribution is 2.19. The van der Waals surface area contributed by atoms with Gasteiger partial charge < -0.3 is 4.90 Å². The molecule has 0 N–H and O–H groups in total. The Hall–Kier alpha value is -0.550. The quantitative estimate of drug-likeness (QED) is 0.764. The summed E-state index contributed by atoms with van der Waals surface area (Å²) in [5.41, 5.74) is 0. The Labute approximate surface area is 104 Å². The van der Waals surface area contributed by atoms with Crippen LogP contribution in [0.2, 0.25) is 5.28 Å². The molecule has 90 valence electrons. The van der Waals surface area contributed by atoms with Crippen LogP contribution in [0.25, 0.3) is 0 Å². The molecule has 0 aliphatic heterocycles. The van der Waals surface area contributed by atoms with Gasteiger partial charge in [0.15, 0.2) is 11.6 Å². The van der Waals surface area contributed by atoms with E-state index in [0.717, 1.165) is 18.4 Å². The van der Waals surface area contributed by atoms with Crippen LogP contribution < -0.4 is 4.90 Å². The number of aromatic nitrogens is 2. The number of nitrogens with zero attached hydrogens (tertiary/aromatic N) is 3. The number of hydrogen-bond acceptors (Lipinski definition) is 4. The highest BCUT2D eigenvalue weighted by Gasteiger charge is 2.16. The van der Waals surface area contributed by atoms with Crippen LogP contribution in [0.3, 0.4) is 0 Å². The van der Waals surface area contributed by atoms with Crippen LogP contribution in [0, 0.1) is 5.82 Å². The molecular weight excluding hydrogens is 249 g/mol. The SMILES string of the molecule is CSCCC(C)N(C)c1nc(Cl)ncc1F. The minimum atomic E-state index is -0.442. The van der Waals surface area contributed by atoms with Gasteiger partial charge in [-0.3, -0.25) is 0 Å². The molecule has 0 aliphatic carbocycles. The summed E-state index contributed by atoms with van der Waals surface area (Å²) >= 11 is 7.42. The number of thioether (sulfide) groups is 1. The fourth-order valence-corrected chi connectivity index (χ4v) is 1.98. The van der Waals surface area contributed by atoms with Crippen LogP contribution in [0.15, 0.2) is 6.20 Å². The topological polar surface area (TPSA) is 29.0 Å². The zero-order valence-electron chi connectivity index (χ0n) is 9.57. The van der Waals surface area contributed by atoms with Crippen LogP contribution >= 0.6 is 23.4 Å². The van der Waals surface area contributed by atoms with Gasteiger partial charge in [-0.05, 0) is 37.0 Å². The lowest BCUT2D eigenvalue weighted by molar-refractivity contribution is 0.585. The van der Waals surface area contributed by atoms with Crippen molar-refractivity contribution in [3.8, 4) is 0 Å². The lowest BCUT2D eigenvalue weighted by Gasteiger charge is -2.25. The van der Waals surface area contributed by atoms with E-state index in [0.29, 0.717) is 0 Å². The second kappa shape index (κ2) is 6.25. The van der Waals surface area contributed by atoms with Crippen LogP contribution in [0.1, 0.15) is 13.3 Å². The van der Waals surface area contributed by atoms with Crippen molar-refractivity contribution in [1.82, 2.24) is 9.97 Å². The molecule has 0 aliphatic rings. The molecule has 0 saturated carbocycles. The van der Waals surface area contributed by atoms with Crippen LogP contribution in [-0.2, 0) is 0 Å². The maximum atomic E-state index is 13.5. The van der Waals surface area contributed by atoms with Gasteiger partial charge in [-0.15, -0.1) is 0 Å². The highest BCUT2D eigenvalue weighted by atomic mass is 35.5. The summed E-state index contributed by atoms with van der Waals surface area (Å²) in [6.07, 6.45) is 4.12. The molecule has 1 rings (SSSR count). The third-order valence-corrected chi connectivity index (χ3v) is 3.26. The molecule has 6 heteroatoms. The van der Waals surface area contributed by atoms with E-state index in [9.17, 15) is 4.39 Å². The average molecular weight is 264 g/mol. The molecule has 0 bridgehead atoms. The standard InChI is InChI=1S/C10H15ClFN3S/c1-7(4-5-16-3)15(2)9-8(12)6-13-10(11)14-9/h6-7H,4-5H2,1-3H3. The van der Waals surface area contributed by atoms with Gasteiger partial charge in [-0.1, -0.05) is 0 Å². The molecule has 0 aromatic carbocycles. The van der Waals surface area contributed by atoms with Crippen LogP contribution in [0.5, 0.6) is 0 Å². The Balaban J connectivity index is 2.78. The maximum Gasteiger partial charge on any atom is 0.224 e. The van der Waals surface area contributed by atoms with Gasteiger partial charge in [0.2, 0.25) is 5.28 Å². The average Bonchev–Trinajstić information content (AvgIpc) is 2.28. The largest absolute Gasteiger partial charge is 0.354 e. The molecule has 1 heterocycles. The molecule has 0 radical (unpaired) electrons. The zero-order chi connectivity index (χ0) is 12.1. The first kappa shape index (κ1) is 13.5. The molecule has 1 aromatic rings. The number of rotatable bonds is 5. The molecule has 0 saturated heterocycles. The van der Waals surface area contributed by atoms with Gasteiger partial charge in [0.05, 0.1) is 6.20 Å². The van der Waals surface area contributed by atoms with Gasteiger partial charge in [-0.25, -0.2) is 9.37 Å². The van der Waals surface area contributed by atoms with Crippen molar-refractivity contribution >= 4 is 29.2 Å². The van der Waals surface area contributed by atoms with Crippen molar-refractivity contribution in [2.24, 2.45) is 0 Å². The highest BCUT2D eigenvalue weighted by molar-refractivity contribution is 7.98. The minimum Gasteiger partial charge on any atom is -0.354 e. The van der Waals surface area contributed by atoms with Crippen molar-refractivity contribution in [3.05, 3.63) is 17.3 Å². The summed E-state index contributed by atoms with van der Waals surface area (Å²) in [5, 5.41) is 0.0697. The third kappa shape index (κ3) is 3.49. The molecule has 1 atom stereocenters. The molecular formula is C10H15ClFN3S. The minimum absolute atomic E-state index is 0.0697. The van der Waals surface area contributed by atoms with E-state index in [1.807, 2.05) is 14.0 Å². The Kier molecular flexibility index (Phi) is 5.28. The lowest BCUT2D eigenvalue weighted by Crippen LogP contribution is -2.31. The molecule has 0 fully saturated rings. The van der Waals surface area contributed by atoms with E-state index in [1.54, 1.807) is 16.7 Å². The summed E-state index contributed by atoms with van der Waals surface area (Å²) in [5.74, 6) is 0.850. The molecule has 1 unspecified atom stereocenters. The zero-order valence-corrected chi connectivity index (χ0v) is 11.1. The molecule has 3 nitrogen and oxygen atoms in total. The van der Waals surface area contributed by atoms with Gasteiger partial charge in [0, 0.05) is 13.1 Å². The molecule has 0 spiro atoms. The molecule has 16 heavy (non-hydrogen) atoms. The summed E-state index contributed by atoms with van der Waals surface area (Å²) in [6.45, 7) is 2.03. The Morgan fingerprint density at radius 3 is 2.94 bits per heavy atom. The fourth-order valence-electron chi connectivity index (χ4n) is 1.28. The first-order chi connectivity index (χ1) is 7.56. The number of anilines is 1. The van der Waals surface area contributed by atoms with E-state index in [-0.39, 0.29) is 17.1 Å². The van der Waals surface area contributed by atoms with E-state index in [4.69, 9.17) is 11.6 Å². The number of halogens is 2. The normalized spacial score (nSPS) is 12.6. The first-order valence-electron chi connectivity index (χ1n) is 4.96. The third-order valence-electron chi connectivity index (χ3n) is 2.43. The number of hydrogen-bond donors (Lipinski definition) is 0. The monoisotopic (exact) mass is 263 g/mol. The Morgan fingerprint density at radius 2 is 2.31 bits per heavy atom. The second-order valence-corrected chi connectivity index (χ2v) is 4.88.